The van der Waals surface area contributed by atoms with Gasteiger partial charge in [0.15, 0.2) is 6.61 Å². The summed E-state index contributed by atoms with van der Waals surface area (Å²) in [4.78, 5) is 23.8. The average Bonchev–Trinajstić information content (AvgIpc) is 2.56. The molecule has 23 heavy (non-hydrogen) atoms. The minimum absolute atomic E-state index is 0.104. The van der Waals surface area contributed by atoms with Crippen molar-refractivity contribution in [3.05, 3.63) is 59.7 Å². The third-order valence-electron chi connectivity index (χ3n) is 3.22. The molecule has 1 amide bonds. The lowest BCUT2D eigenvalue weighted by Crippen LogP contribution is -2.21. The zero-order chi connectivity index (χ0) is 16.7. The van der Waals surface area contributed by atoms with E-state index in [1.807, 2.05) is 18.2 Å². The first-order chi connectivity index (χ1) is 11.1. The van der Waals surface area contributed by atoms with E-state index in [1.165, 1.54) is 0 Å². The van der Waals surface area contributed by atoms with Crippen LogP contribution in [-0.2, 0) is 9.53 Å². The summed E-state index contributed by atoms with van der Waals surface area (Å²) in [6.45, 7) is 3.71. The molecule has 2 rings (SSSR count). The first-order valence-corrected chi connectivity index (χ1v) is 7.36. The Morgan fingerprint density at radius 1 is 1.04 bits per heavy atom. The Morgan fingerprint density at radius 3 is 2.48 bits per heavy atom. The van der Waals surface area contributed by atoms with Crippen LogP contribution in [0.15, 0.2) is 48.5 Å². The standard InChI is InChI=1S/C18H19NO4/c1-3-22-18(21)15-10-7-11-16(13(15)2)19-17(20)12-23-14-8-5-4-6-9-14/h4-11H,3,12H2,1-2H3,(H,19,20). The smallest absolute Gasteiger partial charge is 0.338 e. The van der Waals surface area contributed by atoms with Gasteiger partial charge in [-0.3, -0.25) is 4.79 Å². The number of benzene rings is 2. The van der Waals surface area contributed by atoms with Crippen molar-refractivity contribution in [1.82, 2.24) is 0 Å². The molecular weight excluding hydrogens is 294 g/mol. The lowest BCUT2D eigenvalue weighted by molar-refractivity contribution is -0.118. The average molecular weight is 313 g/mol. The molecular formula is C18H19NO4. The maximum Gasteiger partial charge on any atom is 0.338 e. The van der Waals surface area contributed by atoms with Crippen LogP contribution in [-0.4, -0.2) is 25.1 Å². The summed E-state index contributed by atoms with van der Waals surface area (Å²) in [5.74, 6) is -0.0701. The summed E-state index contributed by atoms with van der Waals surface area (Å²) in [6.07, 6.45) is 0. The van der Waals surface area contributed by atoms with Crippen molar-refractivity contribution >= 4 is 17.6 Å². The predicted octanol–water partition coefficient (Wildman–Crippen LogP) is 3.19. The van der Waals surface area contributed by atoms with Gasteiger partial charge in [-0.1, -0.05) is 24.3 Å². The highest BCUT2D eigenvalue weighted by atomic mass is 16.5. The molecule has 0 saturated carbocycles. The lowest BCUT2D eigenvalue weighted by atomic mass is 10.1. The van der Waals surface area contributed by atoms with Crippen molar-refractivity contribution in [2.75, 3.05) is 18.5 Å². The second-order valence-electron chi connectivity index (χ2n) is 4.85. The van der Waals surface area contributed by atoms with Crippen LogP contribution in [0.1, 0.15) is 22.8 Å². The number of hydrogen-bond donors (Lipinski definition) is 1. The van der Waals surface area contributed by atoms with E-state index in [0.717, 1.165) is 0 Å². The van der Waals surface area contributed by atoms with Gasteiger partial charge in [0.1, 0.15) is 5.75 Å². The molecule has 0 aromatic heterocycles. The predicted molar refractivity (Wildman–Crippen MR) is 87.7 cm³/mol. The van der Waals surface area contributed by atoms with Crippen LogP contribution >= 0.6 is 0 Å². The Hall–Kier alpha value is -2.82. The Morgan fingerprint density at radius 2 is 1.78 bits per heavy atom. The topological polar surface area (TPSA) is 64.6 Å². The number of anilines is 1. The van der Waals surface area contributed by atoms with E-state index in [2.05, 4.69) is 5.32 Å². The molecule has 0 heterocycles. The Labute approximate surface area is 135 Å². The third kappa shape index (κ3) is 4.57. The third-order valence-corrected chi connectivity index (χ3v) is 3.22. The normalized spacial score (nSPS) is 10.0. The number of ether oxygens (including phenoxy) is 2. The highest BCUT2D eigenvalue weighted by Crippen LogP contribution is 2.20. The molecule has 0 atom stereocenters. The molecule has 2 aromatic carbocycles. The number of para-hydroxylation sites is 1. The van der Waals surface area contributed by atoms with Crippen LogP contribution in [0.3, 0.4) is 0 Å². The lowest BCUT2D eigenvalue weighted by Gasteiger charge is -2.12. The first-order valence-electron chi connectivity index (χ1n) is 7.36. The SMILES string of the molecule is CCOC(=O)c1cccc(NC(=O)COc2ccccc2)c1C. The second-order valence-corrected chi connectivity index (χ2v) is 4.85. The van der Waals surface area contributed by atoms with Gasteiger partial charge in [0.25, 0.3) is 5.91 Å². The maximum absolute atomic E-state index is 12.0. The van der Waals surface area contributed by atoms with Gasteiger partial charge >= 0.3 is 5.97 Å². The van der Waals surface area contributed by atoms with Gasteiger partial charge in [0, 0.05) is 5.69 Å². The molecule has 0 fully saturated rings. The fourth-order valence-corrected chi connectivity index (χ4v) is 2.05. The molecule has 0 bridgehead atoms. The second kappa shape index (κ2) is 7.98. The summed E-state index contributed by atoms with van der Waals surface area (Å²) < 4.78 is 10.4. The van der Waals surface area contributed by atoms with Crippen LogP contribution in [0.25, 0.3) is 0 Å². The van der Waals surface area contributed by atoms with Crippen molar-refractivity contribution in [3.8, 4) is 5.75 Å². The molecule has 120 valence electrons. The summed E-state index contributed by atoms with van der Waals surface area (Å²) in [7, 11) is 0. The van der Waals surface area contributed by atoms with Gasteiger partial charge in [0.05, 0.1) is 12.2 Å². The molecule has 0 radical (unpaired) electrons. The van der Waals surface area contributed by atoms with Crippen molar-refractivity contribution in [2.24, 2.45) is 0 Å². The van der Waals surface area contributed by atoms with E-state index in [9.17, 15) is 9.59 Å². The van der Waals surface area contributed by atoms with E-state index in [0.29, 0.717) is 29.2 Å². The highest BCUT2D eigenvalue weighted by Gasteiger charge is 2.14. The van der Waals surface area contributed by atoms with Gasteiger partial charge in [-0.15, -0.1) is 0 Å². The zero-order valence-electron chi connectivity index (χ0n) is 13.2. The molecule has 0 aliphatic heterocycles. The highest BCUT2D eigenvalue weighted by molar-refractivity contribution is 5.97. The first kappa shape index (κ1) is 16.5. The van der Waals surface area contributed by atoms with Crippen LogP contribution < -0.4 is 10.1 Å². The van der Waals surface area contributed by atoms with Crippen molar-refractivity contribution < 1.29 is 19.1 Å². The molecule has 0 aliphatic carbocycles. The Balaban J connectivity index is 2.00. The number of nitrogens with one attached hydrogen (secondary N) is 1. The zero-order valence-corrected chi connectivity index (χ0v) is 13.2. The van der Waals surface area contributed by atoms with Crippen molar-refractivity contribution in [1.29, 1.82) is 0 Å². The Kier molecular flexibility index (Phi) is 5.74. The fraction of sp³-hybridized carbons (Fsp3) is 0.222. The molecule has 1 N–H and O–H groups in total. The summed E-state index contributed by atoms with van der Waals surface area (Å²) in [5.41, 5.74) is 1.67. The number of hydrogen-bond acceptors (Lipinski definition) is 4. The summed E-state index contributed by atoms with van der Waals surface area (Å²) in [5, 5.41) is 2.75. The van der Waals surface area contributed by atoms with Gasteiger partial charge in [-0.2, -0.15) is 0 Å². The maximum atomic E-state index is 12.0. The molecule has 0 aliphatic rings. The number of esters is 1. The summed E-state index contributed by atoms with van der Waals surface area (Å²) >= 11 is 0. The van der Waals surface area contributed by atoms with E-state index in [4.69, 9.17) is 9.47 Å². The van der Waals surface area contributed by atoms with Crippen molar-refractivity contribution in [3.63, 3.8) is 0 Å². The van der Waals surface area contributed by atoms with Gasteiger partial charge in [0.2, 0.25) is 0 Å². The van der Waals surface area contributed by atoms with E-state index < -0.39 is 5.97 Å². The van der Waals surface area contributed by atoms with Gasteiger partial charge in [-0.25, -0.2) is 4.79 Å². The molecule has 5 nitrogen and oxygen atoms in total. The minimum Gasteiger partial charge on any atom is -0.484 e. The van der Waals surface area contributed by atoms with Crippen LogP contribution in [0.4, 0.5) is 5.69 Å². The summed E-state index contributed by atoms with van der Waals surface area (Å²) in [6, 6.07) is 14.2. The molecule has 0 saturated heterocycles. The van der Waals surface area contributed by atoms with E-state index in [-0.39, 0.29) is 12.5 Å². The number of rotatable bonds is 6. The van der Waals surface area contributed by atoms with Gasteiger partial charge < -0.3 is 14.8 Å². The van der Waals surface area contributed by atoms with E-state index >= 15 is 0 Å². The molecule has 2 aromatic rings. The fourth-order valence-electron chi connectivity index (χ4n) is 2.05. The largest absolute Gasteiger partial charge is 0.484 e. The van der Waals surface area contributed by atoms with Crippen LogP contribution in [0, 0.1) is 6.92 Å². The molecule has 0 unspecified atom stereocenters. The number of carbonyl (C=O) groups excluding carboxylic acids is 2. The van der Waals surface area contributed by atoms with Crippen molar-refractivity contribution in [2.45, 2.75) is 13.8 Å². The van der Waals surface area contributed by atoms with Gasteiger partial charge in [-0.05, 0) is 43.7 Å². The van der Waals surface area contributed by atoms with E-state index in [1.54, 1.807) is 44.2 Å². The molecule has 5 heteroatoms. The number of amides is 1. The van der Waals surface area contributed by atoms with Crippen LogP contribution in [0.5, 0.6) is 5.75 Å². The minimum atomic E-state index is -0.401. The van der Waals surface area contributed by atoms with Crippen LogP contribution in [0.2, 0.25) is 0 Å². The quantitative estimate of drug-likeness (QED) is 0.832. The Bertz CT molecular complexity index is 683. The molecule has 0 spiro atoms. The number of carbonyl (C=O) groups is 2. The monoisotopic (exact) mass is 313 g/mol.